The van der Waals surface area contributed by atoms with Crippen molar-refractivity contribution >= 4 is 5.97 Å². The third kappa shape index (κ3) is 5.38. The van der Waals surface area contributed by atoms with E-state index < -0.39 is 5.97 Å². The summed E-state index contributed by atoms with van der Waals surface area (Å²) in [6, 6.07) is 13.5. The van der Waals surface area contributed by atoms with E-state index in [0.29, 0.717) is 23.2 Å². The third-order valence-electron chi connectivity index (χ3n) is 5.15. The number of esters is 1. The fourth-order valence-electron chi connectivity index (χ4n) is 3.66. The molecule has 2 aromatic carbocycles. The number of hydrogen-bond donors (Lipinski definition) is 0. The fraction of sp³-hybridized carbons (Fsp3) is 0.375. The Hall–Kier alpha value is -2.75. The molecule has 0 bridgehead atoms. The quantitative estimate of drug-likeness (QED) is 0.347. The Morgan fingerprint density at radius 1 is 1.07 bits per heavy atom. The summed E-state index contributed by atoms with van der Waals surface area (Å²) in [6.07, 6.45) is 9.04. The lowest BCUT2D eigenvalue weighted by Crippen LogP contribution is -2.18. The molecule has 1 aliphatic rings. The van der Waals surface area contributed by atoms with Crippen LogP contribution in [0.2, 0.25) is 0 Å². The molecule has 0 amide bonds. The number of methoxy groups -OCH3 is 1. The van der Waals surface area contributed by atoms with E-state index in [1.807, 2.05) is 30.3 Å². The van der Waals surface area contributed by atoms with Crippen molar-refractivity contribution < 1.29 is 19.0 Å². The molecule has 0 spiro atoms. The predicted octanol–water partition coefficient (Wildman–Crippen LogP) is 5.46. The van der Waals surface area contributed by atoms with Crippen LogP contribution in [0.1, 0.15) is 49.1 Å². The molecule has 0 unspecified atom stereocenters. The summed E-state index contributed by atoms with van der Waals surface area (Å²) in [5, 5.41) is 0. The average molecular weight is 380 g/mol. The highest BCUT2D eigenvalue weighted by Gasteiger charge is 2.16. The second-order valence-corrected chi connectivity index (χ2v) is 7.14. The Labute approximate surface area is 167 Å². The van der Waals surface area contributed by atoms with Gasteiger partial charge in [0, 0.05) is 0 Å². The summed E-state index contributed by atoms with van der Waals surface area (Å²) in [4.78, 5) is 12.2. The summed E-state index contributed by atoms with van der Waals surface area (Å²) in [5.74, 6) is 1.77. The number of hydrogen-bond acceptors (Lipinski definition) is 4. The SMILES string of the molecule is C=CCc1ccc(OC(=O)COc2ccc(C3CCCCC3)cc2)c(OC)c1. The summed E-state index contributed by atoms with van der Waals surface area (Å²) < 4.78 is 16.3. The van der Waals surface area contributed by atoms with Crippen LogP contribution in [0.4, 0.5) is 0 Å². The second kappa shape index (κ2) is 9.98. The summed E-state index contributed by atoms with van der Waals surface area (Å²) >= 11 is 0. The van der Waals surface area contributed by atoms with E-state index >= 15 is 0 Å². The highest BCUT2D eigenvalue weighted by atomic mass is 16.6. The molecule has 0 radical (unpaired) electrons. The molecule has 1 saturated carbocycles. The predicted molar refractivity (Wildman–Crippen MR) is 110 cm³/mol. The molecule has 4 heteroatoms. The zero-order chi connectivity index (χ0) is 19.8. The van der Waals surface area contributed by atoms with Crippen LogP contribution in [0.25, 0.3) is 0 Å². The minimum absolute atomic E-state index is 0.152. The van der Waals surface area contributed by atoms with Crippen LogP contribution in [0.15, 0.2) is 55.1 Å². The van der Waals surface area contributed by atoms with Gasteiger partial charge in [-0.05, 0) is 60.6 Å². The van der Waals surface area contributed by atoms with E-state index in [1.54, 1.807) is 13.2 Å². The lowest BCUT2D eigenvalue weighted by molar-refractivity contribution is -0.136. The van der Waals surface area contributed by atoms with Crippen molar-refractivity contribution in [1.82, 2.24) is 0 Å². The van der Waals surface area contributed by atoms with Crippen LogP contribution < -0.4 is 14.2 Å². The molecule has 148 valence electrons. The number of carbonyl (C=O) groups is 1. The van der Waals surface area contributed by atoms with Crippen LogP contribution in [0.5, 0.6) is 17.2 Å². The van der Waals surface area contributed by atoms with Crippen molar-refractivity contribution in [2.45, 2.75) is 44.4 Å². The van der Waals surface area contributed by atoms with Crippen LogP contribution in [-0.4, -0.2) is 19.7 Å². The minimum Gasteiger partial charge on any atom is -0.493 e. The monoisotopic (exact) mass is 380 g/mol. The Morgan fingerprint density at radius 3 is 2.50 bits per heavy atom. The molecule has 2 aromatic rings. The maximum atomic E-state index is 12.2. The van der Waals surface area contributed by atoms with Gasteiger partial charge >= 0.3 is 5.97 Å². The molecule has 28 heavy (non-hydrogen) atoms. The molecule has 3 rings (SSSR count). The third-order valence-corrected chi connectivity index (χ3v) is 5.15. The first-order valence-electron chi connectivity index (χ1n) is 9.91. The van der Waals surface area contributed by atoms with Crippen LogP contribution in [0.3, 0.4) is 0 Å². The van der Waals surface area contributed by atoms with Gasteiger partial charge < -0.3 is 14.2 Å². The van der Waals surface area contributed by atoms with Gasteiger partial charge in [-0.1, -0.05) is 43.5 Å². The largest absolute Gasteiger partial charge is 0.493 e. The van der Waals surface area contributed by atoms with Crippen molar-refractivity contribution in [1.29, 1.82) is 0 Å². The van der Waals surface area contributed by atoms with E-state index in [0.717, 1.165) is 12.0 Å². The lowest BCUT2D eigenvalue weighted by atomic mass is 9.84. The Balaban J connectivity index is 1.53. The molecule has 0 saturated heterocycles. The molecule has 0 aromatic heterocycles. The maximum absolute atomic E-state index is 12.2. The van der Waals surface area contributed by atoms with Crippen molar-refractivity contribution in [2.24, 2.45) is 0 Å². The van der Waals surface area contributed by atoms with Crippen molar-refractivity contribution in [3.8, 4) is 17.2 Å². The summed E-state index contributed by atoms with van der Waals surface area (Å²) in [7, 11) is 1.55. The molecule has 0 aliphatic heterocycles. The van der Waals surface area contributed by atoms with Crippen LogP contribution in [-0.2, 0) is 11.2 Å². The van der Waals surface area contributed by atoms with Gasteiger partial charge in [-0.2, -0.15) is 0 Å². The Kier molecular flexibility index (Phi) is 7.12. The topological polar surface area (TPSA) is 44.8 Å². The smallest absolute Gasteiger partial charge is 0.349 e. The number of rotatable bonds is 8. The van der Waals surface area contributed by atoms with Gasteiger partial charge in [-0.25, -0.2) is 4.79 Å². The van der Waals surface area contributed by atoms with E-state index in [4.69, 9.17) is 14.2 Å². The van der Waals surface area contributed by atoms with E-state index in [9.17, 15) is 4.79 Å². The first kappa shape index (κ1) is 20.0. The number of carbonyl (C=O) groups excluding carboxylic acids is 1. The van der Waals surface area contributed by atoms with E-state index in [-0.39, 0.29) is 6.61 Å². The number of ether oxygens (including phenoxy) is 3. The molecule has 0 atom stereocenters. The molecule has 0 N–H and O–H groups in total. The average Bonchev–Trinajstić information content (AvgIpc) is 2.74. The summed E-state index contributed by atoms with van der Waals surface area (Å²) in [5.41, 5.74) is 2.40. The van der Waals surface area contributed by atoms with Gasteiger partial charge in [0.25, 0.3) is 0 Å². The fourth-order valence-corrected chi connectivity index (χ4v) is 3.66. The van der Waals surface area contributed by atoms with Gasteiger partial charge in [0.1, 0.15) is 5.75 Å². The molecular formula is C24H28O4. The van der Waals surface area contributed by atoms with Crippen molar-refractivity contribution in [3.05, 3.63) is 66.2 Å². The lowest BCUT2D eigenvalue weighted by Gasteiger charge is -2.22. The normalized spacial score (nSPS) is 14.3. The zero-order valence-corrected chi connectivity index (χ0v) is 16.5. The highest BCUT2D eigenvalue weighted by molar-refractivity contribution is 5.74. The van der Waals surface area contributed by atoms with Crippen molar-refractivity contribution in [2.75, 3.05) is 13.7 Å². The second-order valence-electron chi connectivity index (χ2n) is 7.14. The summed E-state index contributed by atoms with van der Waals surface area (Å²) in [6.45, 7) is 3.57. The van der Waals surface area contributed by atoms with E-state index in [2.05, 4.69) is 18.7 Å². The van der Waals surface area contributed by atoms with Gasteiger partial charge in [0.05, 0.1) is 7.11 Å². The molecule has 4 nitrogen and oxygen atoms in total. The Bertz CT molecular complexity index is 789. The van der Waals surface area contributed by atoms with Crippen LogP contribution in [0, 0.1) is 0 Å². The number of benzene rings is 2. The Morgan fingerprint density at radius 2 is 1.82 bits per heavy atom. The maximum Gasteiger partial charge on any atom is 0.349 e. The zero-order valence-electron chi connectivity index (χ0n) is 16.5. The molecule has 1 fully saturated rings. The number of allylic oxidation sites excluding steroid dienone is 1. The highest BCUT2D eigenvalue weighted by Crippen LogP contribution is 2.33. The van der Waals surface area contributed by atoms with Crippen LogP contribution >= 0.6 is 0 Å². The van der Waals surface area contributed by atoms with Crippen molar-refractivity contribution in [3.63, 3.8) is 0 Å². The van der Waals surface area contributed by atoms with Gasteiger partial charge in [0.15, 0.2) is 18.1 Å². The van der Waals surface area contributed by atoms with Gasteiger partial charge in [0.2, 0.25) is 0 Å². The first-order chi connectivity index (χ1) is 13.7. The minimum atomic E-state index is -0.467. The molecular weight excluding hydrogens is 352 g/mol. The molecule has 0 heterocycles. The van der Waals surface area contributed by atoms with Gasteiger partial charge in [-0.3, -0.25) is 0 Å². The van der Waals surface area contributed by atoms with Gasteiger partial charge in [-0.15, -0.1) is 6.58 Å². The van der Waals surface area contributed by atoms with E-state index in [1.165, 1.54) is 37.7 Å². The standard InChI is InChI=1S/C24H28O4/c1-3-7-18-10-15-22(23(16-18)26-2)28-24(25)17-27-21-13-11-20(12-14-21)19-8-5-4-6-9-19/h3,10-16,19H,1,4-9,17H2,2H3. The first-order valence-corrected chi connectivity index (χ1v) is 9.91. The molecule has 1 aliphatic carbocycles.